The van der Waals surface area contributed by atoms with Crippen LogP contribution in [0.5, 0.6) is 0 Å². The lowest BCUT2D eigenvalue weighted by Crippen LogP contribution is -2.14. The van der Waals surface area contributed by atoms with Crippen LogP contribution in [0.2, 0.25) is 0 Å². The minimum absolute atomic E-state index is 0.454. The van der Waals surface area contributed by atoms with E-state index in [0.29, 0.717) is 5.92 Å². The van der Waals surface area contributed by atoms with Gasteiger partial charge in [-0.2, -0.15) is 0 Å². The summed E-state index contributed by atoms with van der Waals surface area (Å²) < 4.78 is 5.38. The van der Waals surface area contributed by atoms with Crippen LogP contribution in [-0.4, -0.2) is 11.5 Å². The molecule has 0 aliphatic rings. The number of aryl methyl sites for hydroxylation is 1. The van der Waals surface area contributed by atoms with E-state index < -0.39 is 0 Å². The van der Waals surface area contributed by atoms with Gasteiger partial charge in [-0.3, -0.25) is 0 Å². The third kappa shape index (κ3) is 3.25. The van der Waals surface area contributed by atoms with Gasteiger partial charge in [0.15, 0.2) is 0 Å². The highest BCUT2D eigenvalue weighted by Crippen LogP contribution is 2.33. The number of nitrogens with one attached hydrogen (secondary N) is 1. The van der Waals surface area contributed by atoms with Gasteiger partial charge in [-0.05, 0) is 31.9 Å². The normalized spacial score (nSPS) is 11.4. The SMILES string of the molecule is CCCNCc1sc(-c2ccoc2C)nc1C(C)C. The molecule has 0 aliphatic heterocycles. The second-order valence-corrected chi connectivity index (χ2v) is 6.13. The first-order chi connectivity index (χ1) is 9.13. The fraction of sp³-hybridized carbons (Fsp3) is 0.533. The van der Waals surface area contributed by atoms with Crippen LogP contribution in [0.25, 0.3) is 10.6 Å². The highest BCUT2D eigenvalue weighted by Gasteiger charge is 2.16. The van der Waals surface area contributed by atoms with Crippen LogP contribution in [0.1, 0.15) is 49.4 Å². The molecule has 0 atom stereocenters. The lowest BCUT2D eigenvalue weighted by Gasteiger charge is -2.05. The maximum Gasteiger partial charge on any atom is 0.127 e. The van der Waals surface area contributed by atoms with Gasteiger partial charge < -0.3 is 9.73 Å². The Morgan fingerprint density at radius 3 is 2.79 bits per heavy atom. The van der Waals surface area contributed by atoms with Crippen molar-refractivity contribution in [2.45, 2.75) is 46.6 Å². The second-order valence-electron chi connectivity index (χ2n) is 5.05. The molecule has 0 saturated carbocycles. The fourth-order valence-corrected chi connectivity index (χ4v) is 3.30. The minimum atomic E-state index is 0.454. The Labute approximate surface area is 119 Å². The average Bonchev–Trinajstić information content (AvgIpc) is 2.95. The summed E-state index contributed by atoms with van der Waals surface area (Å²) >= 11 is 1.78. The molecule has 4 heteroatoms. The molecular formula is C15H22N2OS. The van der Waals surface area contributed by atoms with E-state index in [1.807, 2.05) is 13.0 Å². The van der Waals surface area contributed by atoms with Crippen molar-refractivity contribution in [1.29, 1.82) is 0 Å². The van der Waals surface area contributed by atoms with E-state index in [4.69, 9.17) is 9.40 Å². The molecule has 0 spiro atoms. The zero-order valence-corrected chi connectivity index (χ0v) is 12.9. The Morgan fingerprint density at radius 1 is 1.42 bits per heavy atom. The Kier molecular flexibility index (Phi) is 4.77. The van der Waals surface area contributed by atoms with Crippen molar-refractivity contribution in [3.63, 3.8) is 0 Å². The third-order valence-electron chi connectivity index (χ3n) is 3.08. The number of furan rings is 1. The van der Waals surface area contributed by atoms with Crippen LogP contribution in [0, 0.1) is 6.92 Å². The molecule has 1 N–H and O–H groups in total. The van der Waals surface area contributed by atoms with Crippen molar-refractivity contribution in [1.82, 2.24) is 10.3 Å². The van der Waals surface area contributed by atoms with Gasteiger partial charge in [0.2, 0.25) is 0 Å². The first-order valence-corrected chi connectivity index (χ1v) is 7.69. The highest BCUT2D eigenvalue weighted by atomic mass is 32.1. The maximum atomic E-state index is 5.38. The van der Waals surface area contributed by atoms with E-state index in [0.717, 1.165) is 35.8 Å². The molecule has 0 aliphatic carbocycles. The number of rotatable bonds is 6. The molecule has 0 unspecified atom stereocenters. The lowest BCUT2D eigenvalue weighted by molar-refractivity contribution is 0.535. The smallest absolute Gasteiger partial charge is 0.127 e. The van der Waals surface area contributed by atoms with Gasteiger partial charge in [-0.15, -0.1) is 11.3 Å². The standard InChI is InChI=1S/C15H22N2OS/c1-5-7-16-9-13-14(10(2)3)17-15(19-13)12-6-8-18-11(12)4/h6,8,10,16H,5,7,9H2,1-4H3. The molecule has 2 aromatic rings. The molecule has 3 nitrogen and oxygen atoms in total. The first kappa shape index (κ1) is 14.3. The Bertz CT molecular complexity index is 528. The summed E-state index contributed by atoms with van der Waals surface area (Å²) in [5.41, 5.74) is 2.33. The highest BCUT2D eigenvalue weighted by molar-refractivity contribution is 7.15. The van der Waals surface area contributed by atoms with E-state index in [1.165, 1.54) is 10.6 Å². The molecule has 2 heterocycles. The van der Waals surface area contributed by atoms with Crippen LogP contribution in [-0.2, 0) is 6.54 Å². The monoisotopic (exact) mass is 278 g/mol. The van der Waals surface area contributed by atoms with Crippen molar-refractivity contribution < 1.29 is 4.42 Å². The van der Waals surface area contributed by atoms with Crippen molar-refractivity contribution in [2.24, 2.45) is 0 Å². The molecule has 19 heavy (non-hydrogen) atoms. The molecule has 104 valence electrons. The number of thiazole rings is 1. The summed E-state index contributed by atoms with van der Waals surface area (Å²) in [6.07, 6.45) is 2.89. The van der Waals surface area contributed by atoms with Crippen molar-refractivity contribution in [3.8, 4) is 10.6 Å². The van der Waals surface area contributed by atoms with Crippen LogP contribution in [0.3, 0.4) is 0 Å². The quantitative estimate of drug-likeness (QED) is 0.799. The molecule has 0 radical (unpaired) electrons. The zero-order valence-electron chi connectivity index (χ0n) is 12.1. The van der Waals surface area contributed by atoms with Crippen molar-refractivity contribution >= 4 is 11.3 Å². The minimum Gasteiger partial charge on any atom is -0.469 e. The predicted molar refractivity (Wildman–Crippen MR) is 80.6 cm³/mol. The van der Waals surface area contributed by atoms with Gasteiger partial charge >= 0.3 is 0 Å². The molecule has 0 saturated heterocycles. The first-order valence-electron chi connectivity index (χ1n) is 6.88. The van der Waals surface area contributed by atoms with E-state index >= 15 is 0 Å². The molecule has 0 aromatic carbocycles. The van der Waals surface area contributed by atoms with Gasteiger partial charge in [-0.25, -0.2) is 4.98 Å². The Hall–Kier alpha value is -1.13. The van der Waals surface area contributed by atoms with Crippen molar-refractivity contribution in [3.05, 3.63) is 28.7 Å². The molecule has 2 rings (SSSR count). The molecule has 0 fully saturated rings. The summed E-state index contributed by atoms with van der Waals surface area (Å²) in [5, 5.41) is 4.54. The van der Waals surface area contributed by atoms with Crippen LogP contribution in [0.4, 0.5) is 0 Å². The van der Waals surface area contributed by atoms with Crippen molar-refractivity contribution in [2.75, 3.05) is 6.54 Å². The molecule has 2 aromatic heterocycles. The van der Waals surface area contributed by atoms with Gasteiger partial charge in [0, 0.05) is 11.4 Å². The van der Waals surface area contributed by atoms with E-state index in [9.17, 15) is 0 Å². The number of hydrogen-bond donors (Lipinski definition) is 1. The van der Waals surface area contributed by atoms with Gasteiger partial charge in [0.25, 0.3) is 0 Å². The number of nitrogens with zero attached hydrogens (tertiary/aromatic N) is 1. The van der Waals surface area contributed by atoms with Crippen LogP contribution in [0.15, 0.2) is 16.7 Å². The largest absolute Gasteiger partial charge is 0.469 e. The van der Waals surface area contributed by atoms with Crippen LogP contribution < -0.4 is 5.32 Å². The lowest BCUT2D eigenvalue weighted by atomic mass is 10.1. The van der Waals surface area contributed by atoms with Gasteiger partial charge in [0.05, 0.1) is 17.5 Å². The third-order valence-corrected chi connectivity index (χ3v) is 4.18. The summed E-state index contributed by atoms with van der Waals surface area (Å²) in [4.78, 5) is 6.16. The molecule has 0 bridgehead atoms. The number of aromatic nitrogens is 1. The summed E-state index contributed by atoms with van der Waals surface area (Å²) in [6.45, 7) is 10.5. The predicted octanol–water partition coefficient (Wildman–Crippen LogP) is 4.33. The Morgan fingerprint density at radius 2 is 2.21 bits per heavy atom. The van der Waals surface area contributed by atoms with Crippen LogP contribution >= 0.6 is 11.3 Å². The van der Waals surface area contributed by atoms with E-state index in [1.54, 1.807) is 17.6 Å². The van der Waals surface area contributed by atoms with Gasteiger partial charge in [0.1, 0.15) is 10.8 Å². The molecular weight excluding hydrogens is 256 g/mol. The second kappa shape index (κ2) is 6.35. The molecule has 0 amide bonds. The summed E-state index contributed by atoms with van der Waals surface area (Å²) in [7, 11) is 0. The average molecular weight is 278 g/mol. The Balaban J connectivity index is 2.27. The summed E-state index contributed by atoms with van der Waals surface area (Å²) in [5.74, 6) is 1.40. The zero-order chi connectivity index (χ0) is 13.8. The maximum absolute atomic E-state index is 5.38. The van der Waals surface area contributed by atoms with E-state index in [2.05, 4.69) is 26.1 Å². The topological polar surface area (TPSA) is 38.1 Å². The number of hydrogen-bond acceptors (Lipinski definition) is 4. The van der Waals surface area contributed by atoms with E-state index in [-0.39, 0.29) is 0 Å². The van der Waals surface area contributed by atoms with Gasteiger partial charge in [-0.1, -0.05) is 20.8 Å². The fourth-order valence-electron chi connectivity index (χ4n) is 2.04. The summed E-state index contributed by atoms with van der Waals surface area (Å²) in [6, 6.07) is 2.00.